The Bertz CT molecular complexity index is 647. The molecule has 98 valence electrons. The number of anilines is 1. The minimum Gasteiger partial charge on any atom is -0.472 e. The third-order valence-corrected chi connectivity index (χ3v) is 5.33. The second-order valence-corrected chi connectivity index (χ2v) is 6.63. The number of nitrogens with zero attached hydrogens (tertiary/aromatic N) is 3. The van der Waals surface area contributed by atoms with E-state index in [0.29, 0.717) is 0 Å². The molecule has 0 aliphatic heterocycles. The van der Waals surface area contributed by atoms with Crippen LogP contribution in [0.3, 0.4) is 0 Å². The summed E-state index contributed by atoms with van der Waals surface area (Å²) in [5.41, 5.74) is 2.07. The molecule has 0 spiro atoms. The highest BCUT2D eigenvalue weighted by atomic mass is 32.2. The Balaban J connectivity index is 1.64. The quantitative estimate of drug-likeness (QED) is 0.727. The summed E-state index contributed by atoms with van der Waals surface area (Å²) in [6.07, 6.45) is 3.37. The van der Waals surface area contributed by atoms with Crippen LogP contribution in [0.15, 0.2) is 32.7 Å². The molecule has 8 heteroatoms. The van der Waals surface area contributed by atoms with Crippen molar-refractivity contribution in [2.24, 2.45) is 0 Å². The molecule has 0 saturated carbocycles. The fourth-order valence-electron chi connectivity index (χ4n) is 1.40. The van der Waals surface area contributed by atoms with E-state index < -0.39 is 0 Å². The van der Waals surface area contributed by atoms with Crippen molar-refractivity contribution in [3.63, 3.8) is 0 Å². The topological polar surface area (TPSA) is 63.8 Å². The summed E-state index contributed by atoms with van der Waals surface area (Å²) in [4.78, 5) is 4.57. The molecule has 0 fully saturated rings. The Labute approximate surface area is 122 Å². The van der Waals surface area contributed by atoms with Gasteiger partial charge in [0.15, 0.2) is 4.34 Å². The Morgan fingerprint density at radius 1 is 1.42 bits per heavy atom. The van der Waals surface area contributed by atoms with Crippen molar-refractivity contribution < 1.29 is 4.42 Å². The molecule has 3 heterocycles. The van der Waals surface area contributed by atoms with Crippen LogP contribution in [0.1, 0.15) is 5.69 Å². The van der Waals surface area contributed by atoms with E-state index in [1.807, 2.05) is 13.1 Å². The van der Waals surface area contributed by atoms with Crippen molar-refractivity contribution >= 4 is 39.6 Å². The SMILES string of the molecule is CNc1nnc(SCc2csc(-c3ccoc3)n2)s1. The average molecular weight is 310 g/mol. The van der Waals surface area contributed by atoms with Gasteiger partial charge in [-0.2, -0.15) is 0 Å². The van der Waals surface area contributed by atoms with Gasteiger partial charge < -0.3 is 9.73 Å². The first-order chi connectivity index (χ1) is 9.35. The standard InChI is InChI=1S/C11H10N4OS3/c1-12-10-14-15-11(19-10)18-6-8-5-17-9(13-8)7-2-3-16-4-7/h2-5H,6H2,1H3,(H,12,14). The maximum Gasteiger partial charge on any atom is 0.206 e. The van der Waals surface area contributed by atoms with E-state index in [4.69, 9.17) is 4.42 Å². The first kappa shape index (κ1) is 12.6. The van der Waals surface area contributed by atoms with Crippen molar-refractivity contribution in [1.82, 2.24) is 15.2 Å². The zero-order valence-corrected chi connectivity index (χ0v) is 12.4. The highest BCUT2D eigenvalue weighted by molar-refractivity contribution is 8.00. The van der Waals surface area contributed by atoms with E-state index in [9.17, 15) is 0 Å². The predicted octanol–water partition coefficient (Wildman–Crippen LogP) is 3.59. The normalized spacial score (nSPS) is 10.8. The van der Waals surface area contributed by atoms with Gasteiger partial charge in [0.2, 0.25) is 5.13 Å². The van der Waals surface area contributed by atoms with Crippen LogP contribution in [-0.4, -0.2) is 22.2 Å². The molecule has 3 aromatic rings. The fourth-order valence-corrected chi connectivity index (χ4v) is 3.91. The molecule has 0 aliphatic carbocycles. The lowest BCUT2D eigenvalue weighted by atomic mass is 10.4. The lowest BCUT2D eigenvalue weighted by molar-refractivity contribution is 0.568. The number of furan rings is 1. The molecule has 0 atom stereocenters. The van der Waals surface area contributed by atoms with E-state index in [1.165, 1.54) is 0 Å². The largest absolute Gasteiger partial charge is 0.472 e. The fraction of sp³-hybridized carbons (Fsp3) is 0.182. The van der Waals surface area contributed by atoms with Gasteiger partial charge in [0.1, 0.15) is 11.3 Å². The van der Waals surface area contributed by atoms with Crippen molar-refractivity contribution in [1.29, 1.82) is 0 Å². The molecule has 0 unspecified atom stereocenters. The molecule has 0 saturated heterocycles. The minimum absolute atomic E-state index is 0.798. The molecule has 3 aromatic heterocycles. The smallest absolute Gasteiger partial charge is 0.206 e. The maximum atomic E-state index is 5.06. The van der Waals surface area contributed by atoms with Crippen LogP contribution >= 0.6 is 34.4 Å². The van der Waals surface area contributed by atoms with Crippen molar-refractivity contribution in [2.45, 2.75) is 10.1 Å². The van der Waals surface area contributed by atoms with E-state index >= 15 is 0 Å². The van der Waals surface area contributed by atoms with Crippen LogP contribution in [0.5, 0.6) is 0 Å². The van der Waals surface area contributed by atoms with Crippen LogP contribution in [0, 0.1) is 0 Å². The summed E-state index contributed by atoms with van der Waals surface area (Å²) in [5, 5.41) is 14.9. The highest BCUT2D eigenvalue weighted by Crippen LogP contribution is 2.30. The van der Waals surface area contributed by atoms with Crippen LogP contribution in [0.2, 0.25) is 0 Å². The first-order valence-corrected chi connectivity index (χ1v) is 8.14. The van der Waals surface area contributed by atoms with Gasteiger partial charge in [-0.15, -0.1) is 21.5 Å². The Kier molecular flexibility index (Phi) is 3.81. The molecule has 0 bridgehead atoms. The minimum atomic E-state index is 0.798. The van der Waals surface area contributed by atoms with Gasteiger partial charge in [-0.3, -0.25) is 0 Å². The summed E-state index contributed by atoms with van der Waals surface area (Å²) in [7, 11) is 1.84. The van der Waals surface area contributed by atoms with Crippen LogP contribution < -0.4 is 5.32 Å². The van der Waals surface area contributed by atoms with E-state index in [1.54, 1.807) is 47.0 Å². The second-order valence-electron chi connectivity index (χ2n) is 3.57. The number of hydrogen-bond donors (Lipinski definition) is 1. The number of aromatic nitrogens is 3. The summed E-state index contributed by atoms with van der Waals surface area (Å²) < 4.78 is 6.01. The second kappa shape index (κ2) is 5.72. The van der Waals surface area contributed by atoms with Gasteiger partial charge in [-0.25, -0.2) is 4.98 Å². The van der Waals surface area contributed by atoms with Crippen LogP contribution in [0.25, 0.3) is 10.6 Å². The molecule has 1 N–H and O–H groups in total. The summed E-state index contributed by atoms with van der Waals surface area (Å²) >= 11 is 4.82. The number of nitrogens with one attached hydrogen (secondary N) is 1. The van der Waals surface area contributed by atoms with Crippen LogP contribution in [-0.2, 0) is 5.75 Å². The number of thiazole rings is 1. The van der Waals surface area contributed by atoms with Crippen molar-refractivity contribution in [2.75, 3.05) is 12.4 Å². The number of thioether (sulfide) groups is 1. The van der Waals surface area contributed by atoms with E-state index in [2.05, 4.69) is 25.9 Å². The summed E-state index contributed by atoms with van der Waals surface area (Å²) in [6.45, 7) is 0. The Hall–Kier alpha value is -1.38. The molecule has 3 rings (SSSR count). The summed E-state index contributed by atoms with van der Waals surface area (Å²) in [5.74, 6) is 0.798. The third-order valence-electron chi connectivity index (χ3n) is 2.28. The molecule has 19 heavy (non-hydrogen) atoms. The lowest BCUT2D eigenvalue weighted by Gasteiger charge is -1.92. The predicted molar refractivity (Wildman–Crippen MR) is 78.8 cm³/mol. The zero-order chi connectivity index (χ0) is 13.1. The average Bonchev–Trinajstić information content (AvgIpc) is 3.16. The Morgan fingerprint density at radius 3 is 3.11 bits per heavy atom. The molecule has 0 aliphatic rings. The van der Waals surface area contributed by atoms with Crippen LogP contribution in [0.4, 0.5) is 5.13 Å². The van der Waals surface area contributed by atoms with Gasteiger partial charge in [0, 0.05) is 23.7 Å². The van der Waals surface area contributed by atoms with Crippen molar-refractivity contribution in [3.8, 4) is 10.6 Å². The molecule has 5 nitrogen and oxygen atoms in total. The molecular weight excluding hydrogens is 300 g/mol. The Morgan fingerprint density at radius 2 is 2.37 bits per heavy atom. The number of hydrogen-bond acceptors (Lipinski definition) is 8. The molecule has 0 radical (unpaired) electrons. The number of rotatable bonds is 5. The van der Waals surface area contributed by atoms with Gasteiger partial charge in [-0.05, 0) is 6.07 Å². The van der Waals surface area contributed by atoms with Gasteiger partial charge >= 0.3 is 0 Å². The van der Waals surface area contributed by atoms with Gasteiger partial charge in [0.05, 0.1) is 12.0 Å². The van der Waals surface area contributed by atoms with E-state index in [-0.39, 0.29) is 0 Å². The third kappa shape index (κ3) is 2.96. The first-order valence-electron chi connectivity index (χ1n) is 5.46. The van der Waals surface area contributed by atoms with E-state index in [0.717, 1.165) is 31.5 Å². The maximum absolute atomic E-state index is 5.06. The zero-order valence-electron chi connectivity index (χ0n) is 9.99. The lowest BCUT2D eigenvalue weighted by Crippen LogP contribution is -1.84. The molecule has 0 aromatic carbocycles. The monoisotopic (exact) mass is 310 g/mol. The van der Waals surface area contributed by atoms with Crippen molar-refractivity contribution in [3.05, 3.63) is 29.7 Å². The van der Waals surface area contributed by atoms with Gasteiger partial charge in [0.25, 0.3) is 0 Å². The summed E-state index contributed by atoms with van der Waals surface area (Å²) in [6, 6.07) is 1.92. The highest BCUT2D eigenvalue weighted by Gasteiger charge is 2.08. The molecule has 0 amide bonds. The molecular formula is C11H10N4OS3. The van der Waals surface area contributed by atoms with Gasteiger partial charge in [-0.1, -0.05) is 23.1 Å².